The number of methoxy groups -OCH3 is 2. The number of nitrogens with one attached hydrogen (secondary N) is 3. The number of carboxylic acids is 1. The summed E-state index contributed by atoms with van der Waals surface area (Å²) in [6.45, 7) is 22.2. The van der Waals surface area contributed by atoms with Crippen LogP contribution in [0.15, 0.2) is 0 Å². The zero-order chi connectivity index (χ0) is 62.9. The molecule has 0 spiro atoms. The third kappa shape index (κ3) is 55.6. The van der Waals surface area contributed by atoms with Crippen molar-refractivity contribution < 1.29 is 109 Å². The van der Waals surface area contributed by atoms with Crippen LogP contribution < -0.4 is 16.0 Å². The molecule has 5 aliphatic rings. The lowest BCUT2D eigenvalue weighted by molar-refractivity contribution is -0.156. The van der Waals surface area contributed by atoms with E-state index in [-0.39, 0.29) is 150 Å². The van der Waals surface area contributed by atoms with Crippen molar-refractivity contribution in [1.29, 1.82) is 0 Å². The predicted octanol–water partition coefficient (Wildman–Crippen LogP) is 8.43. The maximum atomic E-state index is 12.0. The van der Waals surface area contributed by atoms with Gasteiger partial charge in [0.25, 0.3) is 0 Å². The molecular weight excluding hydrogens is 1260 g/mol. The second-order valence-corrected chi connectivity index (χ2v) is 21.0. The first-order chi connectivity index (χ1) is 37.4. The number of ether oxygens (including phenoxy) is 10. The molecular formula is C61H136ClF3N8O20. The Labute approximate surface area is 566 Å². The number of esters is 2. The molecule has 93 heavy (non-hydrogen) atoms. The van der Waals surface area contributed by atoms with Gasteiger partial charge in [-0.1, -0.05) is 81.7 Å². The van der Waals surface area contributed by atoms with Crippen molar-refractivity contribution in [3.05, 3.63) is 0 Å². The number of hydrogen-bond acceptors (Lipinski definition) is 22. The molecule has 0 radical (unpaired) electrons. The number of hydrogen-bond donors (Lipinski definition) is 4. The van der Waals surface area contributed by atoms with E-state index in [0.717, 1.165) is 13.1 Å². The van der Waals surface area contributed by atoms with Crippen LogP contribution in [0.5, 0.6) is 0 Å². The Bertz CT molecular complexity index is 1920. The fourth-order valence-electron chi connectivity index (χ4n) is 6.36. The largest absolute Gasteiger partial charge is 0.480 e. The molecule has 5 unspecified atom stereocenters. The third-order valence-corrected chi connectivity index (χ3v) is 9.96. The van der Waals surface area contributed by atoms with Crippen LogP contribution in [0.1, 0.15) is 144 Å². The van der Waals surface area contributed by atoms with Gasteiger partial charge in [0.05, 0.1) is 80.3 Å². The van der Waals surface area contributed by atoms with Gasteiger partial charge < -0.3 is 78.2 Å². The summed E-state index contributed by atoms with van der Waals surface area (Å²) in [4.78, 5) is 108. The maximum absolute atomic E-state index is 12.0. The van der Waals surface area contributed by atoms with Crippen LogP contribution in [0.4, 0.5) is 27.6 Å². The number of nitrogens with zero attached hydrogens (tertiary/aromatic N) is 5. The number of amides is 5. The number of carboxylic acid groups (broad SMARTS) is 1. The summed E-state index contributed by atoms with van der Waals surface area (Å²) in [5.41, 5.74) is -1.78. The lowest BCUT2D eigenvalue weighted by atomic mass is 10.2. The highest BCUT2D eigenvalue weighted by Crippen LogP contribution is 2.18. The van der Waals surface area contributed by atoms with Crippen LogP contribution in [-0.4, -0.2) is 292 Å². The fourth-order valence-corrected chi connectivity index (χ4v) is 6.36. The van der Waals surface area contributed by atoms with Crippen molar-refractivity contribution in [3.8, 4) is 0 Å². The quantitative estimate of drug-likeness (QED) is 0.114. The molecule has 0 aromatic heterocycles. The van der Waals surface area contributed by atoms with Crippen LogP contribution in [-0.2, 0) is 76.1 Å². The molecule has 5 heterocycles. The van der Waals surface area contributed by atoms with Crippen molar-refractivity contribution in [2.24, 2.45) is 0 Å². The number of morpholine rings is 5. The molecule has 32 heteroatoms. The number of carbonyl (C=O) groups is 9. The summed E-state index contributed by atoms with van der Waals surface area (Å²) in [5.74, 6) is -1.88. The number of likely N-dealkylation sites (N-methyl/N-ethyl adjacent to an activating group) is 2. The molecule has 0 aromatic carbocycles. The summed E-state index contributed by atoms with van der Waals surface area (Å²) in [6.07, 6.45) is -7.29. The van der Waals surface area contributed by atoms with Crippen LogP contribution in [0, 0.1) is 0 Å². The fraction of sp³-hybridized carbons (Fsp3) is 0.852. The van der Waals surface area contributed by atoms with Crippen molar-refractivity contribution >= 4 is 66.7 Å². The molecule has 28 nitrogen and oxygen atoms in total. The second kappa shape index (κ2) is 61.5. The van der Waals surface area contributed by atoms with E-state index in [0.29, 0.717) is 59.3 Å². The van der Waals surface area contributed by atoms with E-state index in [9.17, 15) is 51.5 Å². The van der Waals surface area contributed by atoms with E-state index in [1.807, 2.05) is 14.1 Å². The number of aldehydes is 1. The molecule has 0 bridgehead atoms. The van der Waals surface area contributed by atoms with Crippen LogP contribution >= 0.6 is 12.4 Å². The van der Waals surface area contributed by atoms with Crippen molar-refractivity contribution in [3.63, 3.8) is 0 Å². The number of rotatable bonds is 5. The minimum Gasteiger partial charge on any atom is -0.480 e. The molecule has 4 N–H and O–H groups in total. The summed E-state index contributed by atoms with van der Waals surface area (Å²) in [5, 5.41) is 17.7. The summed E-state index contributed by atoms with van der Waals surface area (Å²) >= 11 is 0. The lowest BCUT2D eigenvalue weighted by Crippen LogP contribution is -2.56. The highest BCUT2D eigenvalue weighted by atomic mass is 35.5. The topological polar surface area (TPSA) is 318 Å². The van der Waals surface area contributed by atoms with Gasteiger partial charge in [-0.15, -0.1) is 12.4 Å². The molecule has 5 aliphatic heterocycles. The molecule has 0 aliphatic carbocycles. The number of aliphatic carboxylic acids is 1. The van der Waals surface area contributed by atoms with Crippen molar-refractivity contribution in [1.82, 2.24) is 40.4 Å². The first-order valence-electron chi connectivity index (χ1n) is 25.7. The Hall–Kier alpha value is -5.41. The van der Waals surface area contributed by atoms with Gasteiger partial charge in [0.2, 0.25) is 18.1 Å². The van der Waals surface area contributed by atoms with Gasteiger partial charge in [-0.25, -0.2) is 24.0 Å². The van der Waals surface area contributed by atoms with E-state index in [1.54, 1.807) is 95.4 Å². The Morgan fingerprint density at radius 2 is 0.753 bits per heavy atom. The molecule has 0 aromatic rings. The Balaban J connectivity index is -0.0000000662. The lowest BCUT2D eigenvalue weighted by Gasteiger charge is -2.36. The van der Waals surface area contributed by atoms with E-state index >= 15 is 0 Å². The second-order valence-electron chi connectivity index (χ2n) is 21.0. The first kappa shape index (κ1) is 121. The van der Waals surface area contributed by atoms with Gasteiger partial charge >= 0.3 is 42.4 Å². The summed E-state index contributed by atoms with van der Waals surface area (Å²) in [7, 11) is 13.2. The number of carbonyl (C=O) groups excluding carboxylic acids is 8. The Kier molecular flexibility index (Phi) is 80.1. The van der Waals surface area contributed by atoms with Crippen molar-refractivity contribution in [2.45, 2.75) is 197 Å². The standard InChI is InChI=1S/C12H22N2O4.C11H19NO5.C10H17NO5.C7H14N2O2.C6H11NO3.C2HF3O.C2H7N.11CH4.ClH/c1-12(2,3)18-11(16)14-6-7-17-8-9(14)10(15)13(4)5;1-11(2,3)17-10(14)12-5-6-16-7-8(12)9(13)15-4;1-10(2,3)16-9(14)11-4-5-15-6-7(11)8(12)13;1-9(2)7(10)6-5-11-4-3-8-6;1-9-6(8)5-4-10-3-2-7-5;3-2(4,5)1-6;1-3-2;;;;;;;;;;;;/h9H,6-8H2,1-5H3;8H,5-7H2,1-4H3;7H,4-6H2,1-3H3,(H,12,13);6,8H,3-5H2,1-2H3;5,7H,2-4H2,1H3;1H;3H,1-2H3;11*1H4;1H. The maximum Gasteiger partial charge on any atom is 0.446 e. The highest BCUT2D eigenvalue weighted by Gasteiger charge is 2.39. The average molecular weight is 1390 g/mol. The highest BCUT2D eigenvalue weighted by molar-refractivity contribution is 5.86. The normalized spacial score (nSPS) is 18.2. The molecule has 5 rings (SSSR count). The third-order valence-electron chi connectivity index (χ3n) is 9.96. The SMILES string of the molecule is C.C.C.C.C.C.C.C.C.C.C.CC(C)(C)OC(=O)N1CCOCC1C(=O)O.CN(C)C(=O)C1COCCN1.CN(C)C(=O)C1COCCN1C(=O)OC(C)(C)C.CNC.COC(=O)C1COCCN1.COC(=O)C1COCCN1C(=O)OC(C)(C)C.Cl.O=CC(F)(F)F. The van der Waals surface area contributed by atoms with Crippen LogP contribution in [0.3, 0.4) is 0 Å². The molecule has 5 saturated heterocycles. The Morgan fingerprint density at radius 3 is 1.01 bits per heavy atom. The van der Waals surface area contributed by atoms with Crippen LogP contribution in [0.2, 0.25) is 0 Å². The number of halogens is 4. The van der Waals surface area contributed by atoms with E-state index in [4.69, 9.17) is 47.8 Å². The van der Waals surface area contributed by atoms with Crippen molar-refractivity contribution in [2.75, 3.05) is 155 Å². The zero-order valence-electron chi connectivity index (χ0n) is 50.6. The van der Waals surface area contributed by atoms with Gasteiger partial charge in [0.15, 0.2) is 12.1 Å². The summed E-state index contributed by atoms with van der Waals surface area (Å²) < 4.78 is 81.7. The average Bonchev–Trinajstić information content (AvgIpc) is 0.997. The van der Waals surface area contributed by atoms with Gasteiger partial charge in [0, 0.05) is 60.9 Å². The van der Waals surface area contributed by atoms with E-state index < -0.39 is 77.6 Å². The molecule has 5 amide bonds. The molecule has 5 fully saturated rings. The van der Waals surface area contributed by atoms with Gasteiger partial charge in [-0.3, -0.25) is 33.9 Å². The molecule has 5 atom stereocenters. The monoisotopic (exact) mass is 1390 g/mol. The van der Waals surface area contributed by atoms with Crippen LogP contribution in [0.25, 0.3) is 0 Å². The molecule has 0 saturated carbocycles. The smallest absolute Gasteiger partial charge is 0.446 e. The Morgan fingerprint density at radius 1 is 0.484 bits per heavy atom. The summed E-state index contributed by atoms with van der Waals surface area (Å²) in [6, 6.07) is -2.67. The predicted molar refractivity (Wildman–Crippen MR) is 365 cm³/mol. The van der Waals surface area contributed by atoms with Gasteiger partial charge in [-0.2, -0.15) is 13.2 Å². The number of alkyl halides is 3. The van der Waals surface area contributed by atoms with Gasteiger partial charge in [0.1, 0.15) is 34.9 Å². The van der Waals surface area contributed by atoms with Gasteiger partial charge in [-0.05, 0) is 76.4 Å². The minimum absolute atomic E-state index is 0. The van der Waals surface area contributed by atoms with E-state index in [2.05, 4.69) is 25.4 Å². The first-order valence-corrected chi connectivity index (χ1v) is 25.7. The van der Waals surface area contributed by atoms with E-state index in [1.165, 1.54) is 33.8 Å². The molecule has 568 valence electrons. The minimum atomic E-state index is -4.64. The zero-order valence-corrected chi connectivity index (χ0v) is 51.4.